The molecule has 0 fully saturated rings. The highest BCUT2D eigenvalue weighted by Crippen LogP contribution is 1.68. The van der Waals surface area contributed by atoms with E-state index >= 15 is 0 Å². The molecule has 0 aliphatic carbocycles. The zero-order valence-electron chi connectivity index (χ0n) is 3.30. The molecular weight excluding hydrogens is 104 g/mol. The second-order valence-corrected chi connectivity index (χ2v) is 0.548. The molecule has 34 valence electrons. The molecule has 3 heteroatoms. The van der Waals surface area contributed by atoms with Gasteiger partial charge >= 0.3 is 0 Å². The van der Waals surface area contributed by atoms with Gasteiger partial charge in [-0.2, -0.15) is 12.6 Å². The van der Waals surface area contributed by atoms with Crippen LogP contribution >= 0.6 is 24.7 Å². The van der Waals surface area contributed by atoms with E-state index in [1.54, 1.807) is 12.5 Å². The minimum Gasteiger partial charge on any atom is -0.330 e. The first-order valence-corrected chi connectivity index (χ1v) is 3.11. The maximum atomic E-state index is 7.49. The maximum absolute atomic E-state index is 7.49. The van der Waals surface area contributed by atoms with Gasteiger partial charge in [0.15, 0.2) is 0 Å². The fraction of sp³-hybridized carbons (Fsp3) is 1.00. The number of rotatable bonds is 0. The lowest BCUT2D eigenvalue weighted by Crippen LogP contribution is -1.28. The van der Waals surface area contributed by atoms with E-state index in [-0.39, 0.29) is 0 Å². The minimum absolute atomic E-state index is 0.750. The minimum atomic E-state index is 0.750. The third kappa shape index (κ3) is 75.7. The van der Waals surface area contributed by atoms with E-state index in [1.165, 1.54) is 0 Å². The van der Waals surface area contributed by atoms with Crippen molar-refractivity contribution in [2.45, 2.75) is 0 Å². The molecule has 0 saturated carbocycles. The molecule has 0 aliphatic rings. The second kappa shape index (κ2) is 22.7. The zero-order chi connectivity index (χ0) is 4.71. The molecule has 0 heterocycles. The van der Waals surface area contributed by atoms with E-state index in [1.807, 2.05) is 0 Å². The van der Waals surface area contributed by atoms with Crippen molar-refractivity contribution in [3.05, 3.63) is 0 Å². The molecule has 0 aromatic rings. The van der Waals surface area contributed by atoms with Crippen LogP contribution in [-0.4, -0.2) is 17.1 Å². The molecule has 1 nitrogen and oxygen atoms in total. The summed E-state index contributed by atoms with van der Waals surface area (Å²) in [7, 11) is 0. The predicted molar refractivity (Wildman–Crippen MR) is 31.1 cm³/mol. The van der Waals surface area contributed by atoms with Crippen LogP contribution in [0.3, 0.4) is 0 Å². The lowest BCUT2D eigenvalue weighted by Gasteiger charge is -1.52. The Morgan fingerprint density at radius 2 is 1.60 bits per heavy atom. The average molecular weight is 112 g/mol. The molecular formula is C2H8OS2. The Bertz CT molecular complexity index is 7.61. The molecule has 0 unspecified atom stereocenters. The van der Waals surface area contributed by atoms with Gasteiger partial charge < -0.3 is 4.55 Å². The van der Waals surface area contributed by atoms with Gasteiger partial charge in [0.25, 0.3) is 0 Å². The summed E-state index contributed by atoms with van der Waals surface area (Å²) in [6.45, 7) is 0. The van der Waals surface area contributed by atoms with E-state index in [4.69, 9.17) is 4.55 Å². The van der Waals surface area contributed by atoms with Crippen LogP contribution in [-0.2, 0) is 0 Å². The standard InChI is InChI=1S/CH4OS.CH4S/c1-3-2;1-2/h2H,1H3;2H,1H3. The van der Waals surface area contributed by atoms with Gasteiger partial charge in [-0.15, -0.1) is 0 Å². The van der Waals surface area contributed by atoms with Crippen LogP contribution in [0.4, 0.5) is 0 Å². The van der Waals surface area contributed by atoms with Crippen molar-refractivity contribution < 1.29 is 4.55 Å². The largest absolute Gasteiger partial charge is 0.330 e. The highest BCUT2D eigenvalue weighted by molar-refractivity contribution is 7.93. The summed E-state index contributed by atoms with van der Waals surface area (Å²) in [5.41, 5.74) is 0. The smallest absolute Gasteiger partial charge is 0.00795 e. The van der Waals surface area contributed by atoms with Gasteiger partial charge in [-0.05, 0) is 18.3 Å². The molecule has 0 amide bonds. The molecule has 0 atom stereocenters. The molecule has 0 spiro atoms. The summed E-state index contributed by atoms with van der Waals surface area (Å²) in [4.78, 5) is 0. The lowest BCUT2D eigenvalue weighted by molar-refractivity contribution is 0.669. The van der Waals surface area contributed by atoms with Crippen LogP contribution in [0.1, 0.15) is 0 Å². The van der Waals surface area contributed by atoms with E-state index in [2.05, 4.69) is 12.6 Å². The highest BCUT2D eigenvalue weighted by Gasteiger charge is 1.34. The van der Waals surface area contributed by atoms with Gasteiger partial charge in [-0.1, -0.05) is 0 Å². The van der Waals surface area contributed by atoms with E-state index in [0.717, 1.165) is 12.0 Å². The topological polar surface area (TPSA) is 20.2 Å². The Hall–Kier alpha value is 0.660. The first-order valence-electron chi connectivity index (χ1n) is 1.04. The third-order valence-corrected chi connectivity index (χ3v) is 0. The van der Waals surface area contributed by atoms with Gasteiger partial charge in [0, 0.05) is 6.26 Å². The molecule has 0 bridgehead atoms. The fourth-order valence-electron chi connectivity index (χ4n) is 0. The van der Waals surface area contributed by atoms with Gasteiger partial charge in [-0.3, -0.25) is 0 Å². The second-order valence-electron chi connectivity index (χ2n) is 0.183. The Kier molecular flexibility index (Phi) is 41.6. The average Bonchev–Trinajstić information content (AvgIpc) is 1.46. The van der Waals surface area contributed by atoms with Crippen molar-refractivity contribution in [3.63, 3.8) is 0 Å². The van der Waals surface area contributed by atoms with Crippen molar-refractivity contribution in [1.82, 2.24) is 0 Å². The van der Waals surface area contributed by atoms with Gasteiger partial charge in [-0.25, -0.2) is 0 Å². The summed E-state index contributed by atoms with van der Waals surface area (Å²) >= 11 is 4.28. The normalized spacial score (nSPS) is 4.80. The first kappa shape index (κ1) is 9.18. The molecule has 0 aromatic carbocycles. The summed E-state index contributed by atoms with van der Waals surface area (Å²) in [6.07, 6.45) is 3.29. The van der Waals surface area contributed by atoms with Gasteiger partial charge in [0.2, 0.25) is 0 Å². The first-order chi connectivity index (χ1) is 2.41. The van der Waals surface area contributed by atoms with Crippen LogP contribution in [0.25, 0.3) is 0 Å². The van der Waals surface area contributed by atoms with E-state index in [0.29, 0.717) is 0 Å². The van der Waals surface area contributed by atoms with Crippen LogP contribution in [0.15, 0.2) is 0 Å². The number of hydrogen-bond acceptors (Lipinski definition) is 3. The monoisotopic (exact) mass is 112 g/mol. The lowest BCUT2D eigenvalue weighted by atomic mass is 12.0. The van der Waals surface area contributed by atoms with Crippen molar-refractivity contribution >= 4 is 24.7 Å². The highest BCUT2D eigenvalue weighted by atomic mass is 32.2. The Morgan fingerprint density at radius 3 is 1.60 bits per heavy atom. The van der Waals surface area contributed by atoms with Crippen LogP contribution in [0, 0.1) is 0 Å². The fourth-order valence-corrected chi connectivity index (χ4v) is 0. The Balaban J connectivity index is 0. The van der Waals surface area contributed by atoms with Gasteiger partial charge in [0.05, 0.1) is 0 Å². The maximum Gasteiger partial charge on any atom is 0.00795 e. The zero-order valence-corrected chi connectivity index (χ0v) is 5.01. The molecule has 0 rings (SSSR count). The van der Waals surface area contributed by atoms with Crippen molar-refractivity contribution in [3.8, 4) is 0 Å². The quantitative estimate of drug-likeness (QED) is 0.364. The van der Waals surface area contributed by atoms with Crippen molar-refractivity contribution in [2.75, 3.05) is 12.5 Å². The van der Waals surface area contributed by atoms with E-state index in [9.17, 15) is 0 Å². The van der Waals surface area contributed by atoms with Crippen LogP contribution in [0.2, 0.25) is 0 Å². The third-order valence-electron chi connectivity index (χ3n) is 0. The van der Waals surface area contributed by atoms with Crippen LogP contribution < -0.4 is 0 Å². The Labute approximate surface area is 42.4 Å². The molecule has 0 saturated heterocycles. The summed E-state index contributed by atoms with van der Waals surface area (Å²) < 4.78 is 7.49. The summed E-state index contributed by atoms with van der Waals surface area (Å²) in [5.74, 6) is 0. The molecule has 1 N–H and O–H groups in total. The summed E-state index contributed by atoms with van der Waals surface area (Å²) in [6, 6.07) is 0. The van der Waals surface area contributed by atoms with Gasteiger partial charge in [0.1, 0.15) is 0 Å². The predicted octanol–water partition coefficient (Wildman–Crippen LogP) is 1.37. The molecule has 5 heavy (non-hydrogen) atoms. The number of hydrogen-bond donors (Lipinski definition) is 2. The SMILES string of the molecule is CS.CSO. The van der Waals surface area contributed by atoms with Crippen LogP contribution in [0.5, 0.6) is 0 Å². The molecule has 0 aromatic heterocycles. The molecule has 0 aliphatic heterocycles. The number of thiol groups is 1. The van der Waals surface area contributed by atoms with Crippen molar-refractivity contribution in [2.24, 2.45) is 0 Å². The van der Waals surface area contributed by atoms with Crippen molar-refractivity contribution in [1.29, 1.82) is 0 Å². The Morgan fingerprint density at radius 1 is 1.60 bits per heavy atom. The summed E-state index contributed by atoms with van der Waals surface area (Å²) in [5, 5.41) is 0. The van der Waals surface area contributed by atoms with E-state index < -0.39 is 0 Å². The molecule has 0 radical (unpaired) electrons.